The molecule has 0 saturated carbocycles. The summed E-state index contributed by atoms with van der Waals surface area (Å²) < 4.78 is 34.6. The number of hydrogen-bond acceptors (Lipinski definition) is 1. The van der Waals surface area contributed by atoms with Crippen LogP contribution in [0, 0.1) is 0 Å². The van der Waals surface area contributed by atoms with E-state index in [-0.39, 0.29) is 11.9 Å². The molecule has 0 fully saturated rings. The zero-order chi connectivity index (χ0) is 8.32. The summed E-state index contributed by atoms with van der Waals surface area (Å²) in [6.07, 6.45) is -0.426. The molecule has 5 heteroatoms. The molecule has 0 radical (unpaired) electrons. The Kier molecular flexibility index (Phi) is 1.98. The third-order valence-electron chi connectivity index (χ3n) is 0.950. The Balaban J connectivity index is 2.63. The van der Waals surface area contributed by atoms with Crippen LogP contribution in [0.15, 0.2) is 18.5 Å². The van der Waals surface area contributed by atoms with Gasteiger partial charge in [-0.1, -0.05) is 0 Å². The second-order valence-electron chi connectivity index (χ2n) is 1.85. The first-order valence-corrected chi connectivity index (χ1v) is 2.83. The van der Waals surface area contributed by atoms with Crippen LogP contribution < -0.4 is 0 Å². The standard InChI is InChI=1S/C6H5F3N2/c7-6(8,9)2-1-5-10-3-4-11-5/h1-4H,(H,10,11)/b2-1+. The molecule has 60 valence electrons. The number of allylic oxidation sites excluding steroid dienone is 1. The lowest BCUT2D eigenvalue weighted by Crippen LogP contribution is -2.00. The number of rotatable bonds is 1. The van der Waals surface area contributed by atoms with Crippen molar-refractivity contribution >= 4 is 6.08 Å². The molecule has 1 N–H and O–H groups in total. The van der Waals surface area contributed by atoms with Crippen molar-refractivity contribution in [2.75, 3.05) is 0 Å². The van der Waals surface area contributed by atoms with Gasteiger partial charge in [-0.25, -0.2) is 4.98 Å². The molecule has 0 atom stereocenters. The predicted molar refractivity (Wildman–Crippen MR) is 33.7 cm³/mol. The first kappa shape index (κ1) is 7.84. The molecule has 1 aromatic rings. The van der Waals surface area contributed by atoms with Crippen molar-refractivity contribution < 1.29 is 13.2 Å². The van der Waals surface area contributed by atoms with E-state index in [1.165, 1.54) is 12.4 Å². The number of nitrogens with zero attached hydrogens (tertiary/aromatic N) is 1. The van der Waals surface area contributed by atoms with E-state index in [1.807, 2.05) is 0 Å². The predicted octanol–water partition coefficient (Wildman–Crippen LogP) is 1.99. The van der Waals surface area contributed by atoms with Crippen LogP contribution in [0.1, 0.15) is 5.82 Å². The number of alkyl halides is 3. The number of nitrogens with one attached hydrogen (secondary N) is 1. The van der Waals surface area contributed by atoms with Crippen LogP contribution >= 0.6 is 0 Å². The van der Waals surface area contributed by atoms with E-state index in [9.17, 15) is 13.2 Å². The van der Waals surface area contributed by atoms with Gasteiger partial charge < -0.3 is 4.98 Å². The van der Waals surface area contributed by atoms with Gasteiger partial charge in [0.2, 0.25) is 0 Å². The maximum absolute atomic E-state index is 11.5. The fraction of sp³-hybridized carbons (Fsp3) is 0.167. The van der Waals surface area contributed by atoms with Gasteiger partial charge in [0.05, 0.1) is 0 Å². The fourth-order valence-electron chi connectivity index (χ4n) is 0.542. The van der Waals surface area contributed by atoms with Crippen molar-refractivity contribution in [1.29, 1.82) is 0 Å². The number of imidazole rings is 1. The second kappa shape index (κ2) is 2.77. The third-order valence-corrected chi connectivity index (χ3v) is 0.950. The summed E-state index contributed by atoms with van der Waals surface area (Å²) >= 11 is 0. The molecule has 1 heterocycles. The molecule has 0 bridgehead atoms. The van der Waals surface area contributed by atoms with E-state index in [2.05, 4.69) is 9.97 Å². The quantitative estimate of drug-likeness (QED) is 0.672. The Bertz CT molecular complexity index is 235. The Morgan fingerprint density at radius 2 is 2.18 bits per heavy atom. The van der Waals surface area contributed by atoms with Crippen LogP contribution in [-0.2, 0) is 0 Å². The minimum atomic E-state index is -4.27. The minimum Gasteiger partial charge on any atom is -0.345 e. The molecule has 0 aliphatic rings. The third kappa shape index (κ3) is 2.88. The molecule has 0 amide bonds. The Morgan fingerprint density at radius 1 is 1.45 bits per heavy atom. The number of hydrogen-bond donors (Lipinski definition) is 1. The van der Waals surface area contributed by atoms with Crippen LogP contribution in [0.3, 0.4) is 0 Å². The summed E-state index contributed by atoms with van der Waals surface area (Å²) in [4.78, 5) is 6.09. The van der Waals surface area contributed by atoms with E-state index in [4.69, 9.17) is 0 Å². The molecule has 0 saturated heterocycles. The van der Waals surface area contributed by atoms with Crippen molar-refractivity contribution in [1.82, 2.24) is 9.97 Å². The smallest absolute Gasteiger partial charge is 0.345 e. The summed E-state index contributed by atoms with van der Waals surface area (Å²) in [5.74, 6) is 0.197. The minimum absolute atomic E-state index is 0.131. The van der Waals surface area contributed by atoms with E-state index in [0.717, 1.165) is 6.08 Å². The molecule has 0 aliphatic carbocycles. The molecule has 0 spiro atoms. The molecule has 11 heavy (non-hydrogen) atoms. The second-order valence-corrected chi connectivity index (χ2v) is 1.85. The lowest BCUT2D eigenvalue weighted by Gasteiger charge is -1.94. The fourth-order valence-corrected chi connectivity index (χ4v) is 0.542. The number of halogens is 3. The van der Waals surface area contributed by atoms with Gasteiger partial charge in [-0.3, -0.25) is 0 Å². The summed E-state index contributed by atoms with van der Waals surface area (Å²) in [7, 11) is 0. The molecule has 0 unspecified atom stereocenters. The molecule has 1 aromatic heterocycles. The van der Waals surface area contributed by atoms with E-state index in [1.54, 1.807) is 0 Å². The van der Waals surface area contributed by atoms with E-state index >= 15 is 0 Å². The van der Waals surface area contributed by atoms with Gasteiger partial charge in [-0.15, -0.1) is 0 Å². The van der Waals surface area contributed by atoms with Gasteiger partial charge in [0.15, 0.2) is 0 Å². The van der Waals surface area contributed by atoms with Gasteiger partial charge >= 0.3 is 6.18 Å². The van der Waals surface area contributed by atoms with Gasteiger partial charge in [-0.05, 0) is 6.08 Å². The molecular weight excluding hydrogens is 157 g/mol. The van der Waals surface area contributed by atoms with Gasteiger partial charge in [0.25, 0.3) is 0 Å². The van der Waals surface area contributed by atoms with Crippen LogP contribution in [0.25, 0.3) is 6.08 Å². The Labute approximate surface area is 60.8 Å². The highest BCUT2D eigenvalue weighted by molar-refractivity contribution is 5.40. The van der Waals surface area contributed by atoms with Gasteiger partial charge in [0, 0.05) is 18.5 Å². The Hall–Kier alpha value is -1.26. The molecule has 1 rings (SSSR count). The average molecular weight is 162 g/mol. The topological polar surface area (TPSA) is 28.7 Å². The van der Waals surface area contributed by atoms with Crippen molar-refractivity contribution in [2.24, 2.45) is 0 Å². The monoisotopic (exact) mass is 162 g/mol. The van der Waals surface area contributed by atoms with E-state index in [0.29, 0.717) is 0 Å². The van der Waals surface area contributed by atoms with Gasteiger partial charge in [-0.2, -0.15) is 13.2 Å². The normalized spacial score (nSPS) is 12.6. The van der Waals surface area contributed by atoms with Crippen molar-refractivity contribution in [2.45, 2.75) is 6.18 Å². The number of aromatic amines is 1. The molecule has 2 nitrogen and oxygen atoms in total. The summed E-state index contributed by atoms with van der Waals surface area (Å²) in [5.41, 5.74) is 0. The lowest BCUT2D eigenvalue weighted by atomic mass is 10.5. The highest BCUT2D eigenvalue weighted by atomic mass is 19.4. The van der Waals surface area contributed by atoms with Crippen LogP contribution in [0.2, 0.25) is 0 Å². The largest absolute Gasteiger partial charge is 0.409 e. The van der Waals surface area contributed by atoms with Crippen LogP contribution in [0.5, 0.6) is 0 Å². The van der Waals surface area contributed by atoms with Gasteiger partial charge in [0.1, 0.15) is 5.82 Å². The van der Waals surface area contributed by atoms with Crippen molar-refractivity contribution in [3.63, 3.8) is 0 Å². The highest BCUT2D eigenvalue weighted by Gasteiger charge is 2.21. The zero-order valence-corrected chi connectivity index (χ0v) is 5.39. The van der Waals surface area contributed by atoms with Crippen molar-refractivity contribution in [3.8, 4) is 0 Å². The van der Waals surface area contributed by atoms with Crippen molar-refractivity contribution in [3.05, 3.63) is 24.3 Å². The van der Waals surface area contributed by atoms with Crippen LogP contribution in [0.4, 0.5) is 13.2 Å². The SMILES string of the molecule is FC(F)(F)/C=C/c1ncc[nH]1. The first-order chi connectivity index (χ1) is 5.08. The number of H-pyrrole nitrogens is 1. The van der Waals surface area contributed by atoms with E-state index < -0.39 is 6.18 Å². The zero-order valence-electron chi connectivity index (χ0n) is 5.39. The number of aromatic nitrogens is 2. The summed E-state index contributed by atoms with van der Waals surface area (Å²) in [6.45, 7) is 0. The Morgan fingerprint density at radius 3 is 2.64 bits per heavy atom. The maximum atomic E-state index is 11.5. The summed E-state index contributed by atoms with van der Waals surface area (Å²) in [6, 6.07) is 0. The highest BCUT2D eigenvalue weighted by Crippen LogP contribution is 2.16. The molecule has 0 aliphatic heterocycles. The molecule has 0 aromatic carbocycles. The average Bonchev–Trinajstić information content (AvgIpc) is 2.32. The maximum Gasteiger partial charge on any atom is 0.409 e. The molecular formula is C6H5F3N2. The lowest BCUT2D eigenvalue weighted by molar-refractivity contribution is -0.0790. The first-order valence-electron chi connectivity index (χ1n) is 2.83. The van der Waals surface area contributed by atoms with Crippen LogP contribution in [-0.4, -0.2) is 16.1 Å². The summed E-state index contributed by atoms with van der Waals surface area (Å²) in [5, 5.41) is 0.